The molecule has 0 radical (unpaired) electrons. The van der Waals surface area contributed by atoms with Crippen LogP contribution < -0.4 is 0 Å². The Morgan fingerprint density at radius 2 is 2.06 bits per heavy atom. The lowest BCUT2D eigenvalue weighted by atomic mass is 10.2. The summed E-state index contributed by atoms with van der Waals surface area (Å²) in [7, 11) is 2.02. The van der Waals surface area contributed by atoms with Crippen LogP contribution in [0.2, 0.25) is 0 Å². The molecule has 2 aromatic rings. The Balaban J connectivity index is 1.83. The summed E-state index contributed by atoms with van der Waals surface area (Å²) in [6, 6.07) is 8.02. The molecule has 90 valence electrons. The molecular formula is C13H16N2OS. The molecule has 4 heteroatoms. The van der Waals surface area contributed by atoms with Crippen molar-refractivity contribution in [2.24, 2.45) is 7.05 Å². The predicted molar refractivity (Wildman–Crippen MR) is 70.0 cm³/mol. The van der Waals surface area contributed by atoms with Gasteiger partial charge in [-0.05, 0) is 17.7 Å². The lowest BCUT2D eigenvalue weighted by Crippen LogP contribution is -1.98. The van der Waals surface area contributed by atoms with Gasteiger partial charge < -0.3 is 9.67 Å². The van der Waals surface area contributed by atoms with Crippen LogP contribution in [-0.2, 0) is 20.1 Å². The number of benzene rings is 1. The van der Waals surface area contributed by atoms with E-state index in [1.54, 1.807) is 0 Å². The average Bonchev–Trinajstić information content (AvgIpc) is 2.76. The van der Waals surface area contributed by atoms with E-state index >= 15 is 0 Å². The summed E-state index contributed by atoms with van der Waals surface area (Å²) >= 11 is 1.81. The maximum atomic E-state index is 8.94. The summed E-state index contributed by atoms with van der Waals surface area (Å²) in [5.41, 5.74) is 0.957. The highest BCUT2D eigenvalue weighted by Crippen LogP contribution is 2.19. The number of aromatic nitrogens is 2. The first-order valence-corrected chi connectivity index (χ1v) is 6.57. The number of nitrogens with zero attached hydrogens (tertiary/aromatic N) is 2. The predicted octanol–water partition coefficient (Wildman–Crippen LogP) is 2.25. The molecule has 0 saturated heterocycles. The first-order valence-electron chi connectivity index (χ1n) is 5.58. The number of imidazole rings is 1. The van der Waals surface area contributed by atoms with Gasteiger partial charge in [0.25, 0.3) is 0 Å². The van der Waals surface area contributed by atoms with E-state index in [9.17, 15) is 0 Å². The monoisotopic (exact) mass is 248 g/mol. The molecule has 0 aliphatic carbocycles. The SMILES string of the molecule is Cn1ccnc1CCSc1ccc(CO)cc1. The number of hydrogen-bond acceptors (Lipinski definition) is 3. The highest BCUT2D eigenvalue weighted by atomic mass is 32.2. The topological polar surface area (TPSA) is 38.0 Å². The van der Waals surface area contributed by atoms with E-state index in [-0.39, 0.29) is 6.61 Å². The largest absolute Gasteiger partial charge is 0.392 e. The Hall–Kier alpha value is -1.26. The molecule has 0 fully saturated rings. The van der Waals surface area contributed by atoms with E-state index in [1.165, 1.54) is 4.90 Å². The van der Waals surface area contributed by atoms with Gasteiger partial charge in [0.2, 0.25) is 0 Å². The Bertz CT molecular complexity index is 465. The van der Waals surface area contributed by atoms with Crippen LogP contribution in [0.15, 0.2) is 41.6 Å². The van der Waals surface area contributed by atoms with Crippen LogP contribution in [0.25, 0.3) is 0 Å². The second-order valence-corrected chi connectivity index (χ2v) is 5.02. The zero-order valence-corrected chi connectivity index (χ0v) is 10.7. The van der Waals surface area contributed by atoms with Gasteiger partial charge in [0.1, 0.15) is 5.82 Å². The summed E-state index contributed by atoms with van der Waals surface area (Å²) in [6.45, 7) is 0.109. The first-order chi connectivity index (χ1) is 8.29. The van der Waals surface area contributed by atoms with Crippen molar-refractivity contribution >= 4 is 11.8 Å². The Morgan fingerprint density at radius 1 is 1.29 bits per heavy atom. The van der Waals surface area contributed by atoms with Gasteiger partial charge in [0, 0.05) is 36.5 Å². The van der Waals surface area contributed by atoms with Gasteiger partial charge in [-0.15, -0.1) is 11.8 Å². The second kappa shape index (κ2) is 5.89. The van der Waals surface area contributed by atoms with Gasteiger partial charge in [-0.25, -0.2) is 4.98 Å². The maximum absolute atomic E-state index is 8.94. The highest BCUT2D eigenvalue weighted by Gasteiger charge is 2.00. The first kappa shape index (κ1) is 12.2. The fraction of sp³-hybridized carbons (Fsp3) is 0.308. The van der Waals surface area contributed by atoms with Crippen molar-refractivity contribution in [2.45, 2.75) is 17.9 Å². The standard InChI is InChI=1S/C13H16N2OS/c1-15-8-7-14-13(15)6-9-17-12-4-2-11(10-16)3-5-12/h2-5,7-8,16H,6,9-10H2,1H3. The number of thioether (sulfide) groups is 1. The smallest absolute Gasteiger partial charge is 0.109 e. The minimum absolute atomic E-state index is 0.109. The molecule has 0 spiro atoms. The Labute approximate surface area is 106 Å². The van der Waals surface area contributed by atoms with Gasteiger partial charge in [0.05, 0.1) is 6.61 Å². The van der Waals surface area contributed by atoms with Gasteiger partial charge >= 0.3 is 0 Å². The zero-order chi connectivity index (χ0) is 12.1. The third-order valence-electron chi connectivity index (χ3n) is 2.62. The molecule has 0 amide bonds. The minimum Gasteiger partial charge on any atom is -0.392 e. The summed E-state index contributed by atoms with van der Waals surface area (Å²) in [4.78, 5) is 5.52. The van der Waals surface area contributed by atoms with Crippen molar-refractivity contribution < 1.29 is 5.11 Å². The molecule has 0 aliphatic rings. The van der Waals surface area contributed by atoms with Crippen LogP contribution in [0.3, 0.4) is 0 Å². The van der Waals surface area contributed by atoms with Crippen molar-refractivity contribution in [3.05, 3.63) is 48.0 Å². The summed E-state index contributed by atoms with van der Waals surface area (Å²) in [5.74, 6) is 2.13. The number of aliphatic hydroxyl groups is 1. The third kappa shape index (κ3) is 3.35. The quantitative estimate of drug-likeness (QED) is 0.825. The number of rotatable bonds is 5. The van der Waals surface area contributed by atoms with Crippen molar-refractivity contribution in [3.63, 3.8) is 0 Å². The van der Waals surface area contributed by atoms with Crippen molar-refractivity contribution in [1.82, 2.24) is 9.55 Å². The normalized spacial score (nSPS) is 10.7. The summed E-state index contributed by atoms with van der Waals surface area (Å²) in [6.07, 6.45) is 4.77. The summed E-state index contributed by atoms with van der Waals surface area (Å²) < 4.78 is 2.05. The van der Waals surface area contributed by atoms with Crippen molar-refractivity contribution in [1.29, 1.82) is 0 Å². The van der Waals surface area contributed by atoms with Crippen molar-refractivity contribution in [2.75, 3.05) is 5.75 Å². The van der Waals surface area contributed by atoms with E-state index in [0.29, 0.717) is 0 Å². The fourth-order valence-corrected chi connectivity index (χ4v) is 2.44. The van der Waals surface area contributed by atoms with Gasteiger partial charge in [0.15, 0.2) is 0 Å². The molecular weight excluding hydrogens is 232 g/mol. The fourth-order valence-electron chi connectivity index (χ4n) is 1.59. The van der Waals surface area contributed by atoms with Crippen LogP contribution in [0.4, 0.5) is 0 Å². The lowest BCUT2D eigenvalue weighted by Gasteiger charge is -2.03. The average molecular weight is 248 g/mol. The third-order valence-corrected chi connectivity index (χ3v) is 3.64. The Kier molecular flexibility index (Phi) is 4.23. The van der Waals surface area contributed by atoms with Gasteiger partial charge in [-0.3, -0.25) is 0 Å². The number of hydrogen-bond donors (Lipinski definition) is 1. The van der Waals surface area contributed by atoms with Crippen LogP contribution in [-0.4, -0.2) is 20.4 Å². The number of aryl methyl sites for hydroxylation is 2. The number of aliphatic hydroxyl groups excluding tert-OH is 1. The Morgan fingerprint density at radius 3 is 2.65 bits per heavy atom. The molecule has 1 aromatic heterocycles. The maximum Gasteiger partial charge on any atom is 0.109 e. The van der Waals surface area contributed by atoms with E-state index in [4.69, 9.17) is 5.11 Å². The van der Waals surface area contributed by atoms with E-state index in [1.807, 2.05) is 43.3 Å². The lowest BCUT2D eigenvalue weighted by molar-refractivity contribution is 0.282. The van der Waals surface area contributed by atoms with E-state index in [2.05, 4.69) is 21.7 Å². The van der Waals surface area contributed by atoms with Crippen LogP contribution in [0, 0.1) is 0 Å². The molecule has 3 nitrogen and oxygen atoms in total. The molecule has 0 aliphatic heterocycles. The molecule has 2 rings (SSSR count). The molecule has 0 unspecified atom stereocenters. The van der Waals surface area contributed by atoms with Crippen molar-refractivity contribution in [3.8, 4) is 0 Å². The molecule has 1 N–H and O–H groups in total. The molecule has 0 saturated carbocycles. The molecule has 0 atom stereocenters. The van der Waals surface area contributed by atoms with Crippen LogP contribution >= 0.6 is 11.8 Å². The molecule has 17 heavy (non-hydrogen) atoms. The van der Waals surface area contributed by atoms with Crippen LogP contribution in [0.1, 0.15) is 11.4 Å². The highest BCUT2D eigenvalue weighted by molar-refractivity contribution is 7.99. The summed E-state index contributed by atoms with van der Waals surface area (Å²) in [5, 5.41) is 8.94. The molecule has 0 bridgehead atoms. The molecule has 1 aromatic carbocycles. The van der Waals surface area contributed by atoms with Gasteiger partial charge in [-0.1, -0.05) is 12.1 Å². The minimum atomic E-state index is 0.109. The van der Waals surface area contributed by atoms with E-state index < -0.39 is 0 Å². The van der Waals surface area contributed by atoms with Crippen LogP contribution in [0.5, 0.6) is 0 Å². The van der Waals surface area contributed by atoms with E-state index in [0.717, 1.165) is 23.6 Å². The second-order valence-electron chi connectivity index (χ2n) is 3.85. The van der Waals surface area contributed by atoms with Gasteiger partial charge in [-0.2, -0.15) is 0 Å². The molecule has 1 heterocycles. The zero-order valence-electron chi connectivity index (χ0n) is 9.84.